The topological polar surface area (TPSA) is 0 Å². The van der Waals surface area contributed by atoms with Gasteiger partial charge in [0.15, 0.2) is 0 Å². The second-order valence-corrected chi connectivity index (χ2v) is 4.22. The fraction of sp³-hybridized carbons (Fsp3) is 0.455. The second kappa shape index (κ2) is 4.66. The first-order valence-corrected chi connectivity index (χ1v) is 5.37. The molecule has 0 fully saturated rings. The zero-order chi connectivity index (χ0) is 8.97. The van der Waals surface area contributed by atoms with Crippen LogP contribution in [0.2, 0.25) is 0 Å². The average molecular weight is 227 g/mol. The largest absolute Gasteiger partial charge is 0.0839 e. The van der Waals surface area contributed by atoms with Gasteiger partial charge in [-0.05, 0) is 24.5 Å². The minimum absolute atomic E-state index is 0.531. The van der Waals surface area contributed by atoms with E-state index in [4.69, 9.17) is 0 Å². The first-order chi connectivity index (χ1) is 5.75. The molecule has 1 aromatic rings. The van der Waals surface area contributed by atoms with Gasteiger partial charge in [-0.2, -0.15) is 0 Å². The summed E-state index contributed by atoms with van der Waals surface area (Å²) in [4.78, 5) is 0.531. The zero-order valence-electron chi connectivity index (χ0n) is 7.68. The molecular formula is C11H15Br. The van der Waals surface area contributed by atoms with Gasteiger partial charge < -0.3 is 0 Å². The Morgan fingerprint density at radius 3 is 2.58 bits per heavy atom. The molecule has 1 aromatic carbocycles. The van der Waals surface area contributed by atoms with E-state index in [-0.39, 0.29) is 0 Å². The van der Waals surface area contributed by atoms with Crippen LogP contribution in [0.25, 0.3) is 0 Å². The number of alkyl halides is 1. The van der Waals surface area contributed by atoms with Gasteiger partial charge in [-0.1, -0.05) is 53.5 Å². The number of hydrogen-bond donors (Lipinski definition) is 0. The van der Waals surface area contributed by atoms with E-state index in [1.807, 2.05) is 0 Å². The van der Waals surface area contributed by atoms with Crippen LogP contribution < -0.4 is 0 Å². The van der Waals surface area contributed by atoms with Gasteiger partial charge in [-0.25, -0.2) is 0 Å². The molecule has 0 spiro atoms. The summed E-state index contributed by atoms with van der Waals surface area (Å²) in [6.07, 6.45) is 2.44. The molecule has 0 nitrogen and oxygen atoms in total. The molecule has 0 radical (unpaired) electrons. The highest BCUT2D eigenvalue weighted by Gasteiger charge is 2.07. The van der Waals surface area contributed by atoms with Crippen LogP contribution in [-0.4, -0.2) is 0 Å². The molecule has 0 saturated heterocycles. The highest BCUT2D eigenvalue weighted by atomic mass is 79.9. The van der Waals surface area contributed by atoms with Crippen LogP contribution in [0.5, 0.6) is 0 Å². The highest BCUT2D eigenvalue weighted by molar-refractivity contribution is 9.09. The highest BCUT2D eigenvalue weighted by Crippen LogP contribution is 2.29. The molecule has 0 aliphatic rings. The summed E-state index contributed by atoms with van der Waals surface area (Å²) in [5, 5.41) is 0. The molecular weight excluding hydrogens is 212 g/mol. The average Bonchev–Trinajstić information content (AvgIpc) is 2.05. The summed E-state index contributed by atoms with van der Waals surface area (Å²) in [5.74, 6) is 0. The van der Waals surface area contributed by atoms with Gasteiger partial charge in [0, 0.05) is 4.83 Å². The fourth-order valence-electron chi connectivity index (χ4n) is 1.35. The Kier molecular flexibility index (Phi) is 3.80. The van der Waals surface area contributed by atoms with Crippen molar-refractivity contribution in [3.63, 3.8) is 0 Å². The molecule has 12 heavy (non-hydrogen) atoms. The maximum atomic E-state index is 3.70. The number of rotatable bonds is 3. The standard InChI is InChI=1S/C11H15Br/c1-3-6-11(12)10-8-5-4-7-9(10)2/h4-5,7-8,11H,3,6H2,1-2H3. The van der Waals surface area contributed by atoms with Gasteiger partial charge in [-0.3, -0.25) is 0 Å². The lowest BCUT2D eigenvalue weighted by Crippen LogP contribution is -1.92. The van der Waals surface area contributed by atoms with Crippen molar-refractivity contribution in [3.05, 3.63) is 35.4 Å². The van der Waals surface area contributed by atoms with Gasteiger partial charge in [0.05, 0.1) is 0 Å². The number of benzene rings is 1. The summed E-state index contributed by atoms with van der Waals surface area (Å²) in [6, 6.07) is 8.56. The van der Waals surface area contributed by atoms with E-state index < -0.39 is 0 Å². The molecule has 1 rings (SSSR count). The van der Waals surface area contributed by atoms with Crippen molar-refractivity contribution in [1.29, 1.82) is 0 Å². The molecule has 0 aliphatic heterocycles. The summed E-state index contributed by atoms with van der Waals surface area (Å²) in [6.45, 7) is 4.38. The predicted octanol–water partition coefficient (Wildman–Crippen LogP) is 4.23. The van der Waals surface area contributed by atoms with Crippen LogP contribution in [0.15, 0.2) is 24.3 Å². The Bertz CT molecular complexity index is 243. The summed E-state index contributed by atoms with van der Waals surface area (Å²) in [7, 11) is 0. The molecule has 0 amide bonds. The molecule has 0 N–H and O–H groups in total. The van der Waals surface area contributed by atoms with Crippen LogP contribution in [-0.2, 0) is 0 Å². The fourth-order valence-corrected chi connectivity index (χ4v) is 2.32. The van der Waals surface area contributed by atoms with E-state index in [1.165, 1.54) is 24.0 Å². The van der Waals surface area contributed by atoms with Crippen molar-refractivity contribution in [2.45, 2.75) is 31.5 Å². The van der Waals surface area contributed by atoms with Crippen LogP contribution in [0, 0.1) is 6.92 Å². The number of hydrogen-bond acceptors (Lipinski definition) is 0. The zero-order valence-corrected chi connectivity index (χ0v) is 9.26. The quantitative estimate of drug-likeness (QED) is 0.678. The molecule has 1 unspecified atom stereocenters. The van der Waals surface area contributed by atoms with Crippen LogP contribution in [0.4, 0.5) is 0 Å². The Morgan fingerprint density at radius 1 is 1.33 bits per heavy atom. The van der Waals surface area contributed by atoms with Gasteiger partial charge in [-0.15, -0.1) is 0 Å². The van der Waals surface area contributed by atoms with E-state index in [0.29, 0.717) is 4.83 Å². The number of halogens is 1. The monoisotopic (exact) mass is 226 g/mol. The second-order valence-electron chi connectivity index (χ2n) is 3.11. The van der Waals surface area contributed by atoms with Crippen molar-refractivity contribution in [2.24, 2.45) is 0 Å². The summed E-state index contributed by atoms with van der Waals surface area (Å²) >= 11 is 3.70. The Hall–Kier alpha value is -0.300. The summed E-state index contributed by atoms with van der Waals surface area (Å²) < 4.78 is 0. The third-order valence-corrected chi connectivity index (χ3v) is 3.02. The lowest BCUT2D eigenvalue weighted by molar-refractivity contribution is 0.784. The number of aryl methyl sites for hydroxylation is 1. The van der Waals surface area contributed by atoms with Crippen molar-refractivity contribution in [1.82, 2.24) is 0 Å². The van der Waals surface area contributed by atoms with E-state index in [2.05, 4.69) is 54.0 Å². The maximum absolute atomic E-state index is 3.70. The van der Waals surface area contributed by atoms with Gasteiger partial charge >= 0.3 is 0 Å². The SMILES string of the molecule is CCCC(Br)c1ccccc1C. The third-order valence-electron chi connectivity index (χ3n) is 2.07. The summed E-state index contributed by atoms with van der Waals surface area (Å²) in [5.41, 5.74) is 2.81. The van der Waals surface area contributed by atoms with Crippen molar-refractivity contribution >= 4 is 15.9 Å². The molecule has 0 aromatic heterocycles. The molecule has 66 valence electrons. The van der Waals surface area contributed by atoms with E-state index in [1.54, 1.807) is 0 Å². The van der Waals surface area contributed by atoms with Crippen LogP contribution in [0.1, 0.15) is 35.7 Å². The lowest BCUT2D eigenvalue weighted by atomic mass is 10.0. The predicted molar refractivity (Wildman–Crippen MR) is 57.8 cm³/mol. The molecule has 0 bridgehead atoms. The third kappa shape index (κ3) is 2.34. The van der Waals surface area contributed by atoms with Crippen LogP contribution >= 0.6 is 15.9 Å². The first kappa shape index (κ1) is 9.79. The minimum atomic E-state index is 0.531. The van der Waals surface area contributed by atoms with Gasteiger partial charge in [0.2, 0.25) is 0 Å². The van der Waals surface area contributed by atoms with Crippen LogP contribution in [0.3, 0.4) is 0 Å². The van der Waals surface area contributed by atoms with E-state index in [9.17, 15) is 0 Å². The molecule has 1 atom stereocenters. The smallest absolute Gasteiger partial charge is 0.0397 e. The molecule has 0 aliphatic carbocycles. The van der Waals surface area contributed by atoms with E-state index >= 15 is 0 Å². The van der Waals surface area contributed by atoms with Crippen molar-refractivity contribution < 1.29 is 0 Å². The van der Waals surface area contributed by atoms with Gasteiger partial charge in [0.1, 0.15) is 0 Å². The molecule has 1 heteroatoms. The Morgan fingerprint density at radius 2 is 2.00 bits per heavy atom. The van der Waals surface area contributed by atoms with Crippen molar-refractivity contribution in [3.8, 4) is 0 Å². The Labute approximate surface area is 83.1 Å². The van der Waals surface area contributed by atoms with Gasteiger partial charge in [0.25, 0.3) is 0 Å². The maximum Gasteiger partial charge on any atom is 0.0397 e. The normalized spacial score (nSPS) is 12.9. The molecule has 0 saturated carbocycles. The van der Waals surface area contributed by atoms with E-state index in [0.717, 1.165) is 0 Å². The molecule has 0 heterocycles. The Balaban J connectivity index is 2.79. The van der Waals surface area contributed by atoms with Crippen molar-refractivity contribution in [2.75, 3.05) is 0 Å². The minimum Gasteiger partial charge on any atom is -0.0839 e. The first-order valence-electron chi connectivity index (χ1n) is 4.45. The lowest BCUT2D eigenvalue weighted by Gasteiger charge is -2.11.